The number of urea groups is 1. The number of hydrogen-bond acceptors (Lipinski definition) is 1. The van der Waals surface area contributed by atoms with Crippen molar-refractivity contribution in [3.05, 3.63) is 0 Å². The Labute approximate surface area is 140 Å². The number of carbonyl (C=O) groups excluding carboxylic acids is 1. The van der Waals surface area contributed by atoms with Crippen LogP contribution in [0.5, 0.6) is 0 Å². The van der Waals surface area contributed by atoms with E-state index >= 15 is 0 Å². The van der Waals surface area contributed by atoms with E-state index in [0.29, 0.717) is 5.67 Å². The third kappa shape index (κ3) is 2.98. The van der Waals surface area contributed by atoms with Crippen molar-refractivity contribution in [2.75, 3.05) is 0 Å². The van der Waals surface area contributed by atoms with Crippen LogP contribution in [0.2, 0.25) is 39.3 Å². The van der Waals surface area contributed by atoms with Gasteiger partial charge in [-0.15, -0.1) is 0 Å². The van der Waals surface area contributed by atoms with Crippen LogP contribution in [0.4, 0.5) is 4.79 Å². The lowest BCUT2D eigenvalue weighted by molar-refractivity contribution is 0.106. The Morgan fingerprint density at radius 2 is 1.27 bits per heavy atom. The van der Waals surface area contributed by atoms with Gasteiger partial charge in [-0.2, -0.15) is 0 Å². The minimum absolute atomic E-state index is 0.110. The predicted molar refractivity (Wildman–Crippen MR) is 106 cm³/mol. The zero-order valence-electron chi connectivity index (χ0n) is 16.9. The summed E-state index contributed by atoms with van der Waals surface area (Å²) in [5, 5.41) is 0. The van der Waals surface area contributed by atoms with Gasteiger partial charge in [-0.05, 0) is 26.2 Å². The summed E-state index contributed by atoms with van der Waals surface area (Å²) in [7, 11) is -4.97. The molecule has 1 rings (SSSR count). The lowest BCUT2D eigenvalue weighted by Crippen LogP contribution is -2.84. The quantitative estimate of drug-likeness (QED) is 0.722. The van der Waals surface area contributed by atoms with Crippen LogP contribution < -0.4 is 4.98 Å². The molecule has 1 saturated heterocycles. The summed E-state index contributed by atoms with van der Waals surface area (Å²) in [6.07, 6.45) is 0. The van der Waals surface area contributed by atoms with Gasteiger partial charge in [-0.25, -0.2) is 4.79 Å². The Bertz CT molecular complexity index is 436. The second-order valence-corrected chi connectivity index (χ2v) is 37.7. The Balaban J connectivity index is 3.75. The second kappa shape index (κ2) is 5.21. The Morgan fingerprint density at radius 1 is 0.909 bits per heavy atom. The molecule has 6 heteroatoms. The first-order chi connectivity index (χ1) is 9.37. The number of amides is 2. The highest BCUT2D eigenvalue weighted by atomic mass is 29.6. The SMILES string of the molecule is CC(C)(C)C1N(C(C)(C)C)C(=O)N[Si]1([Si](C)(C)C)[Si](C)(C)C. The Kier molecular flexibility index (Phi) is 4.73. The molecule has 1 fully saturated rings. The van der Waals surface area contributed by atoms with Crippen LogP contribution in [0.25, 0.3) is 0 Å². The molecule has 1 aliphatic rings. The number of hydrogen-bond donors (Lipinski definition) is 1. The van der Waals surface area contributed by atoms with Crippen LogP contribution >= 0.6 is 0 Å². The lowest BCUT2D eigenvalue weighted by Gasteiger charge is -2.55. The van der Waals surface area contributed by atoms with Crippen molar-refractivity contribution in [3.63, 3.8) is 0 Å². The molecule has 0 saturated carbocycles. The minimum atomic E-state index is -1.93. The standard InChI is InChI=1S/C16H38N2OSi3/c1-15(2,3)13-18(16(4,5)6)14(19)17-22(13,20(7,8)9)21(10,11)12/h13H,1-12H3,(H,17,19). The highest BCUT2D eigenvalue weighted by molar-refractivity contribution is 7.69. The van der Waals surface area contributed by atoms with E-state index in [1.165, 1.54) is 0 Å². The maximum atomic E-state index is 13.1. The molecule has 0 radical (unpaired) electrons. The monoisotopic (exact) mass is 358 g/mol. The van der Waals surface area contributed by atoms with Gasteiger partial charge < -0.3 is 9.88 Å². The summed E-state index contributed by atoms with van der Waals surface area (Å²) in [5.74, 6) is 0. The van der Waals surface area contributed by atoms with Gasteiger partial charge in [0.05, 0.1) is 15.2 Å². The molecule has 0 aromatic carbocycles. The van der Waals surface area contributed by atoms with Crippen LogP contribution in [-0.4, -0.2) is 44.6 Å². The topological polar surface area (TPSA) is 32.3 Å². The zero-order chi connectivity index (χ0) is 17.9. The fraction of sp³-hybridized carbons (Fsp3) is 0.938. The van der Waals surface area contributed by atoms with Gasteiger partial charge >= 0.3 is 6.03 Å². The molecule has 22 heavy (non-hydrogen) atoms. The normalized spacial score (nSPS) is 23.7. The van der Waals surface area contributed by atoms with E-state index in [4.69, 9.17) is 0 Å². The highest BCUT2D eigenvalue weighted by Crippen LogP contribution is 2.45. The summed E-state index contributed by atoms with van der Waals surface area (Å²) in [6, 6.07) is 0.198. The van der Waals surface area contributed by atoms with Crippen molar-refractivity contribution in [2.45, 2.75) is 92.0 Å². The van der Waals surface area contributed by atoms with E-state index in [1.54, 1.807) is 0 Å². The first-order valence-electron chi connectivity index (χ1n) is 8.49. The Morgan fingerprint density at radius 3 is 1.50 bits per heavy atom. The maximum Gasteiger partial charge on any atom is 0.309 e. The predicted octanol–water partition coefficient (Wildman–Crippen LogP) is 4.54. The molecule has 0 bridgehead atoms. The molecule has 0 aromatic heterocycles. The smallest absolute Gasteiger partial charge is 0.309 e. The summed E-state index contributed by atoms with van der Waals surface area (Å²) >= 11 is 0. The van der Waals surface area contributed by atoms with E-state index in [9.17, 15) is 4.79 Å². The fourth-order valence-corrected chi connectivity index (χ4v) is 50.3. The molecule has 130 valence electrons. The van der Waals surface area contributed by atoms with Gasteiger partial charge in [0.25, 0.3) is 0 Å². The molecule has 1 heterocycles. The average Bonchev–Trinajstić information content (AvgIpc) is 2.49. The molecule has 3 nitrogen and oxygen atoms in total. The summed E-state index contributed by atoms with van der Waals surface area (Å²) < 4.78 is 0. The molecule has 1 N–H and O–H groups in total. The van der Waals surface area contributed by atoms with Crippen molar-refractivity contribution >= 4 is 28.5 Å². The van der Waals surface area contributed by atoms with E-state index in [1.807, 2.05) is 0 Å². The molecule has 1 unspecified atom stereocenters. The van der Waals surface area contributed by atoms with Crippen LogP contribution in [0.3, 0.4) is 0 Å². The van der Waals surface area contributed by atoms with Crippen LogP contribution in [0.1, 0.15) is 41.5 Å². The van der Waals surface area contributed by atoms with E-state index in [0.717, 1.165) is 0 Å². The van der Waals surface area contributed by atoms with Crippen molar-refractivity contribution in [1.82, 2.24) is 9.88 Å². The van der Waals surface area contributed by atoms with Crippen molar-refractivity contribution in [2.24, 2.45) is 5.41 Å². The molecule has 0 aliphatic carbocycles. The summed E-state index contributed by atoms with van der Waals surface area (Å²) in [4.78, 5) is 19.0. The largest absolute Gasteiger partial charge is 0.367 e. The van der Waals surface area contributed by atoms with E-state index in [-0.39, 0.29) is 17.0 Å². The van der Waals surface area contributed by atoms with Gasteiger partial charge in [-0.3, -0.25) is 0 Å². The molecular weight excluding hydrogens is 320 g/mol. The van der Waals surface area contributed by atoms with Crippen molar-refractivity contribution in [3.8, 4) is 0 Å². The van der Waals surface area contributed by atoms with Gasteiger partial charge in [0.15, 0.2) is 7.27 Å². The highest BCUT2D eigenvalue weighted by Gasteiger charge is 2.70. The molecule has 0 spiro atoms. The number of nitrogens with one attached hydrogen (secondary N) is 1. The van der Waals surface area contributed by atoms with Crippen LogP contribution in [-0.2, 0) is 0 Å². The first kappa shape index (κ1) is 20.0. The van der Waals surface area contributed by atoms with Crippen LogP contribution in [0.15, 0.2) is 0 Å². The zero-order valence-corrected chi connectivity index (χ0v) is 19.9. The third-order valence-corrected chi connectivity index (χ3v) is 42.5. The van der Waals surface area contributed by atoms with Crippen molar-refractivity contribution in [1.29, 1.82) is 0 Å². The lowest BCUT2D eigenvalue weighted by atomic mass is 9.92. The number of carbonyl (C=O) groups is 1. The fourth-order valence-electron chi connectivity index (χ4n) is 4.66. The van der Waals surface area contributed by atoms with Crippen LogP contribution in [0, 0.1) is 5.41 Å². The molecular formula is C16H38N2OSi3. The first-order valence-corrected chi connectivity index (χ1v) is 19.6. The van der Waals surface area contributed by atoms with Crippen molar-refractivity contribution < 1.29 is 4.79 Å². The molecule has 1 atom stereocenters. The maximum absolute atomic E-state index is 13.1. The summed E-state index contributed by atoms with van der Waals surface area (Å²) in [5.41, 5.74) is 0.362. The van der Waals surface area contributed by atoms with Gasteiger partial charge in [0.1, 0.15) is 0 Å². The number of rotatable bonds is 2. The molecule has 0 aromatic rings. The third-order valence-electron chi connectivity index (χ3n) is 5.10. The van der Waals surface area contributed by atoms with Gasteiger partial charge in [0.2, 0.25) is 0 Å². The summed E-state index contributed by atoms with van der Waals surface area (Å²) in [6.45, 7) is 28.5. The van der Waals surface area contributed by atoms with E-state index in [2.05, 4.69) is 90.7 Å². The molecule has 2 amide bonds. The van der Waals surface area contributed by atoms with E-state index < -0.39 is 22.5 Å². The average molecular weight is 359 g/mol. The molecule has 1 aliphatic heterocycles. The second-order valence-electron chi connectivity index (χ2n) is 11.0. The number of nitrogens with zero attached hydrogens (tertiary/aromatic N) is 1. The minimum Gasteiger partial charge on any atom is -0.367 e. The Hall–Kier alpha value is -0.0794. The van der Waals surface area contributed by atoms with Gasteiger partial charge in [0, 0.05) is 11.2 Å². The van der Waals surface area contributed by atoms with Gasteiger partial charge in [-0.1, -0.05) is 60.1 Å².